The second-order valence-electron chi connectivity index (χ2n) is 18.7. The molecular formula is C51H54FN7OS. The molecule has 11 rings (SSSR count). The predicted octanol–water partition coefficient (Wildman–Crippen LogP) is 9.91. The fourth-order valence-corrected chi connectivity index (χ4v) is 12.8. The van der Waals surface area contributed by atoms with Crippen LogP contribution in [0.25, 0.3) is 5.00 Å². The van der Waals surface area contributed by atoms with E-state index in [1.165, 1.54) is 74.0 Å². The summed E-state index contributed by atoms with van der Waals surface area (Å²) in [5.74, 6) is 3.14. The van der Waals surface area contributed by atoms with Crippen molar-refractivity contribution in [3.63, 3.8) is 0 Å². The van der Waals surface area contributed by atoms with Crippen LogP contribution in [0.4, 0.5) is 15.8 Å². The fourth-order valence-electron chi connectivity index (χ4n) is 11.5. The number of rotatable bonds is 7. The molecule has 5 aliphatic rings. The van der Waals surface area contributed by atoms with Crippen molar-refractivity contribution in [2.24, 2.45) is 16.3 Å². The van der Waals surface area contributed by atoms with Crippen LogP contribution in [-0.4, -0.2) is 76.3 Å². The zero-order valence-corrected chi connectivity index (χ0v) is 36.4. The van der Waals surface area contributed by atoms with Crippen LogP contribution in [0.2, 0.25) is 0 Å². The maximum atomic E-state index is 13.9. The van der Waals surface area contributed by atoms with E-state index in [0.717, 1.165) is 81.0 Å². The number of fused-ring (bicyclic) bond motifs is 4. The van der Waals surface area contributed by atoms with Gasteiger partial charge in [-0.1, -0.05) is 42.5 Å². The molecule has 10 heteroatoms. The molecule has 6 aromatic rings. The molecule has 1 saturated carbocycles. The van der Waals surface area contributed by atoms with Crippen molar-refractivity contribution in [1.29, 1.82) is 0 Å². The van der Waals surface area contributed by atoms with E-state index in [2.05, 4.69) is 105 Å². The van der Waals surface area contributed by atoms with E-state index in [-0.39, 0.29) is 23.7 Å². The first-order chi connectivity index (χ1) is 29.6. The minimum absolute atomic E-state index is 0.0760. The molecule has 3 atom stereocenters. The van der Waals surface area contributed by atoms with Crippen molar-refractivity contribution in [3.8, 4) is 10.8 Å². The molecule has 0 radical (unpaired) electrons. The van der Waals surface area contributed by atoms with Gasteiger partial charge in [0.15, 0.2) is 5.82 Å². The van der Waals surface area contributed by atoms with E-state index in [4.69, 9.17) is 4.99 Å². The van der Waals surface area contributed by atoms with Gasteiger partial charge in [0.25, 0.3) is 0 Å². The monoisotopic (exact) mass is 831 g/mol. The Morgan fingerprint density at radius 2 is 1.49 bits per heavy atom. The van der Waals surface area contributed by atoms with Gasteiger partial charge in [0.2, 0.25) is 0 Å². The van der Waals surface area contributed by atoms with Crippen LogP contribution < -0.4 is 9.80 Å². The van der Waals surface area contributed by atoms with Crippen molar-refractivity contribution in [3.05, 3.63) is 152 Å². The Bertz CT molecular complexity index is 2630. The summed E-state index contributed by atoms with van der Waals surface area (Å²) in [6.45, 7) is 16.4. The topological polar surface area (TPSA) is 73.0 Å². The zero-order valence-electron chi connectivity index (χ0n) is 35.6. The highest BCUT2D eigenvalue weighted by molar-refractivity contribution is 7.15. The molecule has 2 aliphatic carbocycles. The third-order valence-corrected chi connectivity index (χ3v) is 15.9. The van der Waals surface area contributed by atoms with Crippen molar-refractivity contribution >= 4 is 28.4 Å². The number of halogens is 1. The number of aryl methyl sites for hydroxylation is 3. The fraction of sp³-hybridized carbons (Fsp3) is 0.392. The summed E-state index contributed by atoms with van der Waals surface area (Å²) in [6, 6.07) is 31.2. The molecule has 2 saturated heterocycles. The highest BCUT2D eigenvalue weighted by Crippen LogP contribution is 2.53. The molecule has 0 amide bonds. The summed E-state index contributed by atoms with van der Waals surface area (Å²) in [7, 11) is 0. The van der Waals surface area contributed by atoms with Gasteiger partial charge in [0.05, 0.1) is 5.71 Å². The summed E-state index contributed by atoms with van der Waals surface area (Å²) >= 11 is 1.81. The number of anilines is 2. The molecular weight excluding hydrogens is 778 g/mol. The van der Waals surface area contributed by atoms with Crippen LogP contribution in [0.3, 0.4) is 0 Å². The summed E-state index contributed by atoms with van der Waals surface area (Å²) in [5, 5.41) is 20.4. The first-order valence-electron chi connectivity index (χ1n) is 22.2. The highest BCUT2D eigenvalue weighted by Gasteiger charge is 2.52. The lowest BCUT2D eigenvalue weighted by atomic mass is 9.57. The van der Waals surface area contributed by atoms with Gasteiger partial charge >= 0.3 is 0 Å². The van der Waals surface area contributed by atoms with Gasteiger partial charge in [-0.25, -0.2) is 4.39 Å². The van der Waals surface area contributed by atoms with Gasteiger partial charge in [0, 0.05) is 84.5 Å². The summed E-state index contributed by atoms with van der Waals surface area (Å²) in [5.41, 5.74) is 12.7. The van der Waals surface area contributed by atoms with E-state index in [1.54, 1.807) is 12.1 Å². The number of piperazine rings is 1. The molecule has 8 nitrogen and oxygen atoms in total. The number of hydrogen-bond donors (Lipinski definition) is 1. The average molecular weight is 832 g/mol. The number of phenolic OH excluding ortho intramolecular Hbond substituents is 1. The Kier molecular flexibility index (Phi) is 9.45. The summed E-state index contributed by atoms with van der Waals surface area (Å²) in [6.07, 6.45) is 4.54. The quantitative estimate of drug-likeness (QED) is 0.173. The van der Waals surface area contributed by atoms with Crippen molar-refractivity contribution in [2.45, 2.75) is 71.3 Å². The van der Waals surface area contributed by atoms with Gasteiger partial charge in [-0.2, -0.15) is 0 Å². The number of phenols is 1. The standard InChI is InChI=1S/C51H54FN7OS/c1-31-33(3)61-50-46(31)48(53-32(2)49-55-54-34(4)59(49)50)38-9-16-42(17-10-38)58-29-51(30-58)26-35(27-51)28-56-21-23-57(24-22-56)41-14-7-37(8-15-41)47-44(36-5-12-40(52)13-6-36)19-11-39-25-43(60)18-20-45(39)47/h5-10,12-18,20,25,32,35,44,47,60H,11,19,21-24,26-30H2,1-4H3/t32-,44-,47+/m0/s1. The van der Waals surface area contributed by atoms with E-state index in [9.17, 15) is 9.50 Å². The van der Waals surface area contributed by atoms with E-state index in [0.29, 0.717) is 11.2 Å². The molecule has 3 aliphatic heterocycles. The largest absolute Gasteiger partial charge is 0.508 e. The lowest BCUT2D eigenvalue weighted by Crippen LogP contribution is -2.64. The van der Waals surface area contributed by atoms with Gasteiger partial charge in [-0.3, -0.25) is 14.5 Å². The molecule has 61 heavy (non-hydrogen) atoms. The summed E-state index contributed by atoms with van der Waals surface area (Å²) in [4.78, 5) is 14.4. The van der Waals surface area contributed by atoms with Crippen LogP contribution in [0.15, 0.2) is 96.0 Å². The maximum absolute atomic E-state index is 13.9. The Morgan fingerprint density at radius 1 is 0.803 bits per heavy atom. The van der Waals surface area contributed by atoms with Crippen LogP contribution in [0.5, 0.6) is 5.75 Å². The van der Waals surface area contributed by atoms with Crippen LogP contribution in [0.1, 0.15) is 99.5 Å². The smallest absolute Gasteiger partial charge is 0.162 e. The van der Waals surface area contributed by atoms with E-state index in [1.807, 2.05) is 42.5 Å². The molecule has 0 bridgehead atoms. The van der Waals surface area contributed by atoms with Crippen molar-refractivity contribution < 1.29 is 9.50 Å². The number of aromatic hydroxyl groups is 1. The highest BCUT2D eigenvalue weighted by atomic mass is 32.1. The Labute approximate surface area is 362 Å². The Hall–Kier alpha value is -5.32. The molecule has 1 spiro atoms. The van der Waals surface area contributed by atoms with E-state index < -0.39 is 0 Å². The molecule has 312 valence electrons. The predicted molar refractivity (Wildman–Crippen MR) is 244 cm³/mol. The molecule has 5 heterocycles. The summed E-state index contributed by atoms with van der Waals surface area (Å²) < 4.78 is 16.1. The second kappa shape index (κ2) is 14.9. The normalized spacial score (nSPS) is 22.2. The molecule has 4 aromatic carbocycles. The molecule has 1 N–H and O–H groups in total. The van der Waals surface area contributed by atoms with Crippen molar-refractivity contribution in [2.75, 3.05) is 55.6 Å². The SMILES string of the molecule is Cc1sc2c(c1C)C(c1ccc(N3CC4(CC(CN5CCN(c6ccc([C@H]7c8ccc(O)cc8CC[C@H]7c7ccc(F)cc7)cc6)CC5)C4)C3)cc1)=N[C@@H](C)c1nnc(C)n1-2. The molecule has 3 fully saturated rings. The lowest BCUT2D eigenvalue weighted by Gasteiger charge is -2.60. The van der Waals surface area contributed by atoms with Crippen molar-refractivity contribution in [1.82, 2.24) is 19.7 Å². The zero-order chi connectivity index (χ0) is 41.6. The van der Waals surface area contributed by atoms with Crippen LogP contribution in [0, 0.1) is 37.9 Å². The van der Waals surface area contributed by atoms with Gasteiger partial charge in [-0.05, 0) is 142 Å². The molecule has 2 aromatic heterocycles. The number of benzene rings is 4. The average Bonchev–Trinajstić information content (AvgIpc) is 3.73. The number of thiophene rings is 1. The first kappa shape index (κ1) is 38.6. The van der Waals surface area contributed by atoms with Gasteiger partial charge in [-0.15, -0.1) is 21.5 Å². The third kappa shape index (κ3) is 6.77. The van der Waals surface area contributed by atoms with Gasteiger partial charge < -0.3 is 14.9 Å². The Balaban J connectivity index is 0.686. The number of hydrogen-bond acceptors (Lipinski definition) is 8. The minimum atomic E-state index is -0.200. The first-order valence-corrected chi connectivity index (χ1v) is 23.0. The van der Waals surface area contributed by atoms with Crippen LogP contribution in [-0.2, 0) is 6.42 Å². The van der Waals surface area contributed by atoms with E-state index >= 15 is 0 Å². The number of aromatic nitrogens is 3. The third-order valence-electron chi connectivity index (χ3n) is 14.7. The molecule has 0 unspecified atom stereocenters. The number of nitrogens with zero attached hydrogens (tertiary/aromatic N) is 7. The Morgan fingerprint density at radius 3 is 2.23 bits per heavy atom. The minimum Gasteiger partial charge on any atom is -0.508 e. The number of aliphatic imine (C=N–C) groups is 1. The second-order valence-corrected chi connectivity index (χ2v) is 19.9. The maximum Gasteiger partial charge on any atom is 0.162 e. The van der Waals surface area contributed by atoms with Crippen LogP contribution >= 0.6 is 11.3 Å². The van der Waals surface area contributed by atoms with Gasteiger partial charge in [0.1, 0.15) is 28.4 Å². The lowest BCUT2D eigenvalue weighted by molar-refractivity contribution is 0.00322.